The number of ether oxygens (including phenoxy) is 2. The monoisotopic (exact) mass is 775 g/mol. The fraction of sp³-hybridized carbons (Fsp3) is 0.930. The molecular weight excluding hydrogens is 689 g/mol. The van der Waals surface area contributed by atoms with Crippen LogP contribution in [0, 0.1) is 0 Å². The Bertz CT molecular complexity index is 902. The van der Waals surface area contributed by atoms with Crippen LogP contribution in [0.15, 0.2) is 0 Å². The molecule has 0 rings (SSSR count). The third-order valence-corrected chi connectivity index (χ3v) is 10.8. The summed E-state index contributed by atoms with van der Waals surface area (Å²) in [4.78, 5) is 35.2. The largest absolute Gasteiger partial charge is 0.472 e. The van der Waals surface area contributed by atoms with Crippen molar-refractivity contribution in [3.63, 3.8) is 0 Å². The van der Waals surface area contributed by atoms with Gasteiger partial charge in [0.15, 0.2) is 12.6 Å². The highest BCUT2D eigenvalue weighted by Crippen LogP contribution is 2.43. The fourth-order valence-electron chi connectivity index (χ4n) is 6.43. The SMILES string of the molecule is C=[N+](C)CCOP(=O)(O)OC[C@@H](COC(=O)CCCCCCCCCCCCCCCCC)OC(=O)CCCCCCCCCCCCCCCCC. The van der Waals surface area contributed by atoms with E-state index in [9.17, 15) is 19.0 Å². The lowest BCUT2D eigenvalue weighted by Crippen LogP contribution is -2.29. The van der Waals surface area contributed by atoms with Crippen molar-refractivity contribution in [2.24, 2.45) is 0 Å². The van der Waals surface area contributed by atoms with E-state index >= 15 is 0 Å². The molecule has 0 aromatic heterocycles. The number of nitrogens with zero attached hydrogens (tertiary/aromatic N) is 1. The van der Waals surface area contributed by atoms with Gasteiger partial charge in [-0.15, -0.1) is 0 Å². The van der Waals surface area contributed by atoms with Crippen LogP contribution in [-0.2, 0) is 32.7 Å². The normalized spacial score (nSPS) is 13.1. The molecule has 314 valence electrons. The summed E-state index contributed by atoms with van der Waals surface area (Å²) in [6.07, 6.45) is 37.0. The molecule has 0 aliphatic heterocycles. The summed E-state index contributed by atoms with van der Waals surface area (Å²) < 4.78 is 35.0. The molecule has 1 N–H and O–H groups in total. The molecule has 0 heterocycles. The lowest BCUT2D eigenvalue weighted by atomic mass is 10.0. The van der Waals surface area contributed by atoms with E-state index in [1.807, 2.05) is 0 Å². The average Bonchev–Trinajstić information content (AvgIpc) is 3.12. The highest BCUT2D eigenvalue weighted by molar-refractivity contribution is 7.47. The van der Waals surface area contributed by atoms with E-state index in [0.717, 1.165) is 32.1 Å². The first-order valence-electron chi connectivity index (χ1n) is 22.2. The lowest BCUT2D eigenvalue weighted by Gasteiger charge is -2.19. The second kappa shape index (κ2) is 39.0. The molecule has 2 atom stereocenters. The van der Waals surface area contributed by atoms with Crippen molar-refractivity contribution in [1.29, 1.82) is 0 Å². The maximum Gasteiger partial charge on any atom is 0.472 e. The minimum absolute atomic E-state index is 0.0499. The van der Waals surface area contributed by atoms with Crippen LogP contribution in [0.25, 0.3) is 0 Å². The molecule has 0 amide bonds. The van der Waals surface area contributed by atoms with Crippen molar-refractivity contribution >= 4 is 26.5 Å². The highest BCUT2D eigenvalue weighted by Gasteiger charge is 2.26. The van der Waals surface area contributed by atoms with Gasteiger partial charge in [0.05, 0.1) is 6.61 Å². The molecule has 9 nitrogen and oxygen atoms in total. The summed E-state index contributed by atoms with van der Waals surface area (Å²) >= 11 is 0. The highest BCUT2D eigenvalue weighted by atomic mass is 31.2. The molecule has 10 heteroatoms. The van der Waals surface area contributed by atoms with E-state index in [0.29, 0.717) is 19.4 Å². The molecule has 0 aromatic rings. The Balaban J connectivity index is 4.23. The summed E-state index contributed by atoms with van der Waals surface area (Å²) in [5.74, 6) is -0.802. The molecule has 0 spiro atoms. The number of hydrogen-bond donors (Lipinski definition) is 1. The summed E-state index contributed by atoms with van der Waals surface area (Å²) in [5, 5.41) is 0. The van der Waals surface area contributed by atoms with Gasteiger partial charge in [-0.05, 0) is 12.8 Å². The van der Waals surface area contributed by atoms with Gasteiger partial charge in [-0.3, -0.25) is 18.6 Å². The zero-order chi connectivity index (χ0) is 39.1. The van der Waals surface area contributed by atoms with Gasteiger partial charge in [-0.1, -0.05) is 194 Å². The van der Waals surface area contributed by atoms with Gasteiger partial charge in [0.25, 0.3) is 0 Å². The van der Waals surface area contributed by atoms with E-state index in [1.165, 1.54) is 154 Å². The van der Waals surface area contributed by atoms with Crippen LogP contribution in [0.1, 0.15) is 219 Å². The third-order valence-electron chi connectivity index (χ3n) is 9.85. The molecule has 0 saturated heterocycles. The van der Waals surface area contributed by atoms with Crippen LogP contribution in [0.3, 0.4) is 0 Å². The number of carbonyl (C=O) groups excluding carboxylic acids is 2. The third kappa shape index (κ3) is 40.2. The number of hydrogen-bond acceptors (Lipinski definition) is 7. The summed E-state index contributed by atoms with van der Waals surface area (Å²) in [5.41, 5.74) is 0. The van der Waals surface area contributed by atoms with Crippen LogP contribution in [0.5, 0.6) is 0 Å². The first-order chi connectivity index (χ1) is 25.7. The second-order valence-corrected chi connectivity index (χ2v) is 16.8. The smallest absolute Gasteiger partial charge is 0.462 e. The zero-order valence-electron chi connectivity index (χ0n) is 34.9. The Morgan fingerprint density at radius 1 is 0.547 bits per heavy atom. The van der Waals surface area contributed by atoms with Gasteiger partial charge in [0.2, 0.25) is 0 Å². The van der Waals surface area contributed by atoms with Crippen molar-refractivity contribution in [2.75, 3.05) is 33.4 Å². The molecule has 0 fully saturated rings. The maximum atomic E-state index is 12.6. The van der Waals surface area contributed by atoms with Gasteiger partial charge in [-0.25, -0.2) is 9.14 Å². The zero-order valence-corrected chi connectivity index (χ0v) is 35.8. The van der Waals surface area contributed by atoms with Gasteiger partial charge in [-0.2, -0.15) is 0 Å². The summed E-state index contributed by atoms with van der Waals surface area (Å²) in [6.45, 7) is 7.84. The number of unbranched alkanes of at least 4 members (excludes halogenated alkanes) is 28. The molecular formula is C43H85NO8P+. The van der Waals surface area contributed by atoms with Gasteiger partial charge >= 0.3 is 19.8 Å². The van der Waals surface area contributed by atoms with Gasteiger partial charge < -0.3 is 14.4 Å². The van der Waals surface area contributed by atoms with E-state index in [1.54, 1.807) is 11.6 Å². The van der Waals surface area contributed by atoms with Crippen molar-refractivity contribution in [2.45, 2.75) is 225 Å². The molecule has 0 aromatic carbocycles. The van der Waals surface area contributed by atoms with E-state index < -0.39 is 26.5 Å². The van der Waals surface area contributed by atoms with Gasteiger partial charge in [0.1, 0.15) is 27.0 Å². The molecule has 0 saturated carbocycles. The van der Waals surface area contributed by atoms with E-state index in [4.69, 9.17) is 18.5 Å². The molecule has 1 unspecified atom stereocenters. The number of likely N-dealkylation sites (N-methyl/N-ethyl adjacent to an activating group) is 1. The molecule has 53 heavy (non-hydrogen) atoms. The summed E-state index contributed by atoms with van der Waals surface area (Å²) in [7, 11) is -2.66. The van der Waals surface area contributed by atoms with Crippen LogP contribution in [0.2, 0.25) is 0 Å². The van der Waals surface area contributed by atoms with Crippen LogP contribution in [-0.4, -0.2) is 67.6 Å². The van der Waals surface area contributed by atoms with Crippen molar-refractivity contribution in [3.05, 3.63) is 0 Å². The van der Waals surface area contributed by atoms with Crippen molar-refractivity contribution in [3.8, 4) is 0 Å². The Kier molecular flexibility index (Phi) is 38.0. The fourth-order valence-corrected chi connectivity index (χ4v) is 7.17. The predicted molar refractivity (Wildman–Crippen MR) is 220 cm³/mol. The Morgan fingerprint density at radius 2 is 0.887 bits per heavy atom. The number of phosphoric acid groups is 1. The predicted octanol–water partition coefficient (Wildman–Crippen LogP) is 12.4. The Morgan fingerprint density at radius 3 is 1.25 bits per heavy atom. The van der Waals surface area contributed by atoms with Crippen molar-refractivity contribution < 1.29 is 42.1 Å². The second-order valence-electron chi connectivity index (χ2n) is 15.4. The molecule has 0 radical (unpaired) electrons. The minimum Gasteiger partial charge on any atom is -0.462 e. The number of rotatable bonds is 42. The molecule has 0 bridgehead atoms. The van der Waals surface area contributed by atoms with Crippen molar-refractivity contribution in [1.82, 2.24) is 0 Å². The minimum atomic E-state index is -4.38. The van der Waals surface area contributed by atoms with Crippen LogP contribution in [0.4, 0.5) is 0 Å². The van der Waals surface area contributed by atoms with Crippen LogP contribution >= 0.6 is 7.82 Å². The summed E-state index contributed by atoms with van der Waals surface area (Å²) in [6, 6.07) is 0. The molecule has 0 aliphatic carbocycles. The van der Waals surface area contributed by atoms with E-state index in [2.05, 4.69) is 20.6 Å². The standard InChI is InChI=1S/C43H84NO8P/c1-5-7-9-11-13-15-17-19-21-23-25-27-29-31-33-35-42(45)49-39-41(40-51-53(47,48)50-38-37-44(3)4)52-43(46)36-34-32-30-28-26-24-22-20-18-16-14-12-10-8-6-2/h41H,3,5-40H2,1-2,4H3/p+1/t41-/m1/s1. The van der Waals surface area contributed by atoms with Gasteiger partial charge in [0, 0.05) is 12.8 Å². The number of carbonyl (C=O) groups is 2. The first-order valence-corrected chi connectivity index (χ1v) is 23.7. The number of esters is 2. The molecule has 0 aliphatic rings. The maximum absolute atomic E-state index is 12.6. The number of phosphoric ester groups is 1. The first kappa shape index (κ1) is 51.7. The average molecular weight is 775 g/mol. The Labute approximate surface area is 326 Å². The topological polar surface area (TPSA) is 111 Å². The quantitative estimate of drug-likeness (QED) is 0.0214. The van der Waals surface area contributed by atoms with E-state index in [-0.39, 0.29) is 25.6 Å². The van der Waals surface area contributed by atoms with Crippen LogP contribution < -0.4 is 0 Å². The Hall–Kier alpha value is -1.28. The lowest BCUT2D eigenvalue weighted by molar-refractivity contribution is -0.490.